The van der Waals surface area contributed by atoms with Crippen LogP contribution in [-0.4, -0.2) is 53.9 Å². The summed E-state index contributed by atoms with van der Waals surface area (Å²) in [6.45, 7) is 2.18. The number of phenols is 1. The molecule has 0 saturated heterocycles. The highest BCUT2D eigenvalue weighted by molar-refractivity contribution is 9.10. The van der Waals surface area contributed by atoms with Gasteiger partial charge in [0.2, 0.25) is 5.91 Å². The Hall–Kier alpha value is -1.56. The first-order chi connectivity index (χ1) is 8.86. The van der Waals surface area contributed by atoms with Crippen molar-refractivity contribution in [3.05, 3.63) is 28.2 Å². The molecule has 0 unspecified atom stereocenters. The molecule has 1 aromatic rings. The standard InChI is InChI=1S/C13H17BrN2O3/c1-4-16(8-12(18)15(2)3)13(19)10-6-5-9(14)7-11(10)17/h5-7,17H,4,8H2,1-3H3. The van der Waals surface area contributed by atoms with E-state index < -0.39 is 0 Å². The molecule has 0 fully saturated rings. The van der Waals surface area contributed by atoms with Gasteiger partial charge < -0.3 is 14.9 Å². The highest BCUT2D eigenvalue weighted by atomic mass is 79.9. The summed E-state index contributed by atoms with van der Waals surface area (Å²) in [6.07, 6.45) is 0. The van der Waals surface area contributed by atoms with Gasteiger partial charge in [0.25, 0.3) is 5.91 Å². The molecule has 0 aliphatic carbocycles. The Labute approximate surface area is 120 Å². The first-order valence-electron chi connectivity index (χ1n) is 5.84. The first kappa shape index (κ1) is 15.5. The monoisotopic (exact) mass is 328 g/mol. The topological polar surface area (TPSA) is 60.9 Å². The van der Waals surface area contributed by atoms with Crippen LogP contribution in [-0.2, 0) is 4.79 Å². The lowest BCUT2D eigenvalue weighted by molar-refractivity contribution is -0.129. The van der Waals surface area contributed by atoms with E-state index in [-0.39, 0.29) is 29.7 Å². The number of hydrogen-bond donors (Lipinski definition) is 1. The van der Waals surface area contributed by atoms with E-state index >= 15 is 0 Å². The van der Waals surface area contributed by atoms with Gasteiger partial charge in [-0.25, -0.2) is 0 Å². The SMILES string of the molecule is CCN(CC(=O)N(C)C)C(=O)c1ccc(Br)cc1O. The van der Waals surface area contributed by atoms with Gasteiger partial charge in [0.15, 0.2) is 0 Å². The maximum absolute atomic E-state index is 12.2. The van der Waals surface area contributed by atoms with Crippen LogP contribution in [0.1, 0.15) is 17.3 Å². The number of benzene rings is 1. The van der Waals surface area contributed by atoms with Crippen LogP contribution in [0.5, 0.6) is 5.75 Å². The Morgan fingerprint density at radius 1 is 1.32 bits per heavy atom. The molecule has 0 aliphatic heterocycles. The molecule has 6 heteroatoms. The fourth-order valence-electron chi connectivity index (χ4n) is 1.49. The number of nitrogens with zero attached hydrogens (tertiary/aromatic N) is 2. The second-order valence-corrected chi connectivity index (χ2v) is 5.18. The highest BCUT2D eigenvalue weighted by Crippen LogP contribution is 2.23. The smallest absolute Gasteiger partial charge is 0.258 e. The third-order valence-electron chi connectivity index (χ3n) is 2.68. The van der Waals surface area contributed by atoms with Gasteiger partial charge in [0.1, 0.15) is 5.75 Å². The average molecular weight is 329 g/mol. The van der Waals surface area contributed by atoms with E-state index in [4.69, 9.17) is 0 Å². The summed E-state index contributed by atoms with van der Waals surface area (Å²) < 4.78 is 0.689. The van der Waals surface area contributed by atoms with Crippen LogP contribution in [0.2, 0.25) is 0 Å². The van der Waals surface area contributed by atoms with Crippen molar-refractivity contribution in [2.24, 2.45) is 0 Å². The Kier molecular flexibility index (Phi) is 5.35. The number of carbonyl (C=O) groups excluding carboxylic acids is 2. The predicted molar refractivity (Wildman–Crippen MR) is 76.1 cm³/mol. The highest BCUT2D eigenvalue weighted by Gasteiger charge is 2.20. The summed E-state index contributed by atoms with van der Waals surface area (Å²) in [4.78, 5) is 26.7. The molecule has 1 N–H and O–H groups in total. The molecule has 0 atom stereocenters. The van der Waals surface area contributed by atoms with Crippen molar-refractivity contribution in [2.45, 2.75) is 6.92 Å². The number of phenolic OH excluding ortho intramolecular Hbond substituents is 1. The minimum Gasteiger partial charge on any atom is -0.507 e. The number of likely N-dealkylation sites (N-methyl/N-ethyl adjacent to an activating group) is 2. The summed E-state index contributed by atoms with van der Waals surface area (Å²) in [7, 11) is 3.27. The predicted octanol–water partition coefficient (Wildman–Crippen LogP) is 1.70. The van der Waals surface area contributed by atoms with Crippen molar-refractivity contribution < 1.29 is 14.7 Å². The minimum absolute atomic E-state index is 0.00215. The number of rotatable bonds is 4. The van der Waals surface area contributed by atoms with Crippen LogP contribution in [0.3, 0.4) is 0 Å². The molecule has 0 heterocycles. The van der Waals surface area contributed by atoms with Gasteiger partial charge in [-0.05, 0) is 25.1 Å². The fraction of sp³-hybridized carbons (Fsp3) is 0.385. The van der Waals surface area contributed by atoms with Crippen LogP contribution in [0.25, 0.3) is 0 Å². The molecule has 5 nitrogen and oxygen atoms in total. The van der Waals surface area contributed by atoms with Gasteiger partial charge in [-0.15, -0.1) is 0 Å². The minimum atomic E-state index is -0.359. The van der Waals surface area contributed by atoms with Gasteiger partial charge in [0.05, 0.1) is 12.1 Å². The third-order valence-corrected chi connectivity index (χ3v) is 3.18. The maximum atomic E-state index is 12.2. The molecule has 0 aromatic heterocycles. The van der Waals surface area contributed by atoms with Crippen LogP contribution >= 0.6 is 15.9 Å². The molecule has 1 rings (SSSR count). The number of halogens is 1. The Bertz CT molecular complexity index is 489. The fourth-order valence-corrected chi connectivity index (χ4v) is 1.84. The largest absolute Gasteiger partial charge is 0.507 e. The van der Waals surface area contributed by atoms with E-state index in [2.05, 4.69) is 15.9 Å². The van der Waals surface area contributed by atoms with E-state index in [0.29, 0.717) is 11.0 Å². The number of amides is 2. The summed E-state index contributed by atoms with van der Waals surface area (Å²) in [5, 5.41) is 9.78. The van der Waals surface area contributed by atoms with Crippen LogP contribution in [0, 0.1) is 0 Å². The van der Waals surface area contributed by atoms with Crippen LogP contribution < -0.4 is 0 Å². The summed E-state index contributed by atoms with van der Waals surface area (Å²) >= 11 is 3.21. The van der Waals surface area contributed by atoms with E-state index in [1.165, 1.54) is 21.9 Å². The van der Waals surface area contributed by atoms with Crippen molar-refractivity contribution >= 4 is 27.7 Å². The normalized spacial score (nSPS) is 10.1. The van der Waals surface area contributed by atoms with E-state index in [1.54, 1.807) is 27.1 Å². The lowest BCUT2D eigenvalue weighted by atomic mass is 10.1. The quantitative estimate of drug-likeness (QED) is 0.915. The van der Waals surface area contributed by atoms with Crippen molar-refractivity contribution in [1.82, 2.24) is 9.80 Å². The molecule has 2 amide bonds. The third kappa shape index (κ3) is 3.96. The molecule has 0 aliphatic rings. The molecule has 1 aromatic carbocycles. The number of hydrogen-bond acceptors (Lipinski definition) is 3. The molecular weight excluding hydrogens is 312 g/mol. The molecule has 104 valence electrons. The van der Waals surface area contributed by atoms with Crippen molar-refractivity contribution in [2.75, 3.05) is 27.2 Å². The van der Waals surface area contributed by atoms with Crippen LogP contribution in [0.4, 0.5) is 0 Å². The Morgan fingerprint density at radius 2 is 1.95 bits per heavy atom. The first-order valence-corrected chi connectivity index (χ1v) is 6.64. The Balaban J connectivity index is 2.92. The molecule has 0 saturated carbocycles. The van der Waals surface area contributed by atoms with Crippen molar-refractivity contribution in [3.63, 3.8) is 0 Å². The molecular formula is C13H17BrN2O3. The lowest BCUT2D eigenvalue weighted by Crippen LogP contribution is -2.40. The van der Waals surface area contributed by atoms with Gasteiger partial charge >= 0.3 is 0 Å². The second-order valence-electron chi connectivity index (χ2n) is 4.27. The summed E-state index contributed by atoms with van der Waals surface area (Å²) in [6, 6.07) is 4.66. The van der Waals surface area contributed by atoms with Gasteiger partial charge in [-0.1, -0.05) is 15.9 Å². The zero-order valence-corrected chi connectivity index (χ0v) is 12.8. The van der Waals surface area contributed by atoms with Crippen molar-refractivity contribution in [1.29, 1.82) is 0 Å². The van der Waals surface area contributed by atoms with E-state index in [9.17, 15) is 14.7 Å². The van der Waals surface area contributed by atoms with E-state index in [0.717, 1.165) is 0 Å². The Morgan fingerprint density at radius 3 is 2.42 bits per heavy atom. The molecule has 0 bridgehead atoms. The van der Waals surface area contributed by atoms with Crippen molar-refractivity contribution in [3.8, 4) is 5.75 Å². The lowest BCUT2D eigenvalue weighted by Gasteiger charge is -2.22. The van der Waals surface area contributed by atoms with Gasteiger partial charge in [-0.3, -0.25) is 9.59 Å². The maximum Gasteiger partial charge on any atom is 0.258 e. The van der Waals surface area contributed by atoms with Crippen LogP contribution in [0.15, 0.2) is 22.7 Å². The molecule has 0 radical (unpaired) electrons. The zero-order chi connectivity index (χ0) is 14.6. The average Bonchev–Trinajstić information content (AvgIpc) is 2.34. The molecule has 19 heavy (non-hydrogen) atoms. The summed E-state index contributed by atoms with van der Waals surface area (Å²) in [5.74, 6) is -0.621. The van der Waals surface area contributed by atoms with E-state index in [1.807, 2.05) is 0 Å². The number of carbonyl (C=O) groups is 2. The van der Waals surface area contributed by atoms with Gasteiger partial charge in [0, 0.05) is 25.1 Å². The summed E-state index contributed by atoms with van der Waals surface area (Å²) in [5.41, 5.74) is 0.191. The zero-order valence-electron chi connectivity index (χ0n) is 11.2. The molecule has 0 spiro atoms. The number of aromatic hydroxyl groups is 1. The second kappa shape index (κ2) is 6.56. The van der Waals surface area contributed by atoms with Gasteiger partial charge in [-0.2, -0.15) is 0 Å².